The van der Waals surface area contributed by atoms with Crippen LogP contribution in [-0.2, 0) is 11.3 Å². The average molecular weight is 224 g/mol. The van der Waals surface area contributed by atoms with Gasteiger partial charge in [-0.15, -0.1) is 0 Å². The van der Waals surface area contributed by atoms with Crippen LogP contribution in [0, 0.1) is 0 Å². The van der Waals surface area contributed by atoms with E-state index in [2.05, 4.69) is 4.98 Å². The van der Waals surface area contributed by atoms with E-state index < -0.39 is 5.97 Å². The Hall–Kier alpha value is -1.98. The van der Waals surface area contributed by atoms with Gasteiger partial charge in [0.2, 0.25) is 0 Å². The van der Waals surface area contributed by atoms with Crippen LogP contribution in [0.3, 0.4) is 0 Å². The van der Waals surface area contributed by atoms with Gasteiger partial charge in [-0.05, 0) is 18.1 Å². The molecule has 6 heteroatoms. The van der Waals surface area contributed by atoms with Gasteiger partial charge in [0, 0.05) is 12.7 Å². The Morgan fingerprint density at radius 2 is 2.44 bits per heavy atom. The summed E-state index contributed by atoms with van der Waals surface area (Å²) in [6, 6.07) is 1.52. The Morgan fingerprint density at radius 1 is 1.62 bits per heavy atom. The lowest BCUT2D eigenvalue weighted by atomic mass is 10.2. The van der Waals surface area contributed by atoms with Crippen molar-refractivity contribution in [3.05, 3.63) is 23.5 Å². The number of hydrogen-bond donors (Lipinski definition) is 2. The number of rotatable bonds is 3. The number of aromatic nitrogens is 1. The van der Waals surface area contributed by atoms with Crippen LogP contribution in [-0.4, -0.2) is 40.2 Å². The van der Waals surface area contributed by atoms with Gasteiger partial charge >= 0.3 is 12.1 Å². The van der Waals surface area contributed by atoms with Crippen LogP contribution < -0.4 is 0 Å². The predicted molar refractivity (Wildman–Crippen MR) is 54.1 cm³/mol. The van der Waals surface area contributed by atoms with Gasteiger partial charge in [-0.25, -0.2) is 9.59 Å². The molecule has 6 nitrogen and oxygen atoms in total. The monoisotopic (exact) mass is 224 g/mol. The van der Waals surface area contributed by atoms with E-state index in [0.717, 1.165) is 12.0 Å². The number of aromatic amines is 1. The number of carboxylic acids is 1. The van der Waals surface area contributed by atoms with E-state index in [-0.39, 0.29) is 11.8 Å². The van der Waals surface area contributed by atoms with Crippen molar-refractivity contribution in [1.82, 2.24) is 9.88 Å². The first-order chi connectivity index (χ1) is 7.66. The lowest BCUT2D eigenvalue weighted by Crippen LogP contribution is -2.36. The Bertz CT molecular complexity index is 413. The maximum absolute atomic E-state index is 11.3. The highest BCUT2D eigenvalue weighted by Gasteiger charge is 2.20. The third kappa shape index (κ3) is 2.16. The Kier molecular flexibility index (Phi) is 2.80. The molecule has 86 valence electrons. The maximum Gasteiger partial charge on any atom is 0.410 e. The van der Waals surface area contributed by atoms with Crippen LogP contribution in [0.2, 0.25) is 0 Å². The lowest BCUT2D eigenvalue weighted by Gasteiger charge is -2.25. The first-order valence-electron chi connectivity index (χ1n) is 4.99. The molecule has 1 aliphatic rings. The quantitative estimate of drug-likeness (QED) is 0.804. The molecular weight excluding hydrogens is 212 g/mol. The van der Waals surface area contributed by atoms with E-state index in [1.807, 2.05) is 0 Å². The average Bonchev–Trinajstić information content (AvgIpc) is 2.70. The number of amides is 1. The Morgan fingerprint density at radius 3 is 3.06 bits per heavy atom. The molecule has 1 saturated heterocycles. The first-order valence-corrected chi connectivity index (χ1v) is 4.99. The van der Waals surface area contributed by atoms with Crippen molar-refractivity contribution in [3.63, 3.8) is 0 Å². The molecule has 1 amide bonds. The predicted octanol–water partition coefficient (Wildman–Crippen LogP) is 1.06. The first kappa shape index (κ1) is 10.5. The van der Waals surface area contributed by atoms with Crippen LogP contribution in [0.15, 0.2) is 12.3 Å². The van der Waals surface area contributed by atoms with E-state index in [4.69, 9.17) is 9.84 Å². The van der Waals surface area contributed by atoms with E-state index in [1.165, 1.54) is 6.07 Å². The largest absolute Gasteiger partial charge is 0.477 e. The minimum atomic E-state index is -1.01. The molecule has 0 bridgehead atoms. The fraction of sp³-hybridized carbons (Fsp3) is 0.400. The molecule has 0 aliphatic carbocycles. The van der Waals surface area contributed by atoms with Gasteiger partial charge in [0.1, 0.15) is 5.69 Å². The summed E-state index contributed by atoms with van der Waals surface area (Å²) >= 11 is 0. The molecule has 1 aromatic heterocycles. The van der Waals surface area contributed by atoms with Crippen molar-refractivity contribution in [2.45, 2.75) is 13.0 Å². The molecular formula is C10H12N2O4. The second-order valence-corrected chi connectivity index (χ2v) is 3.62. The maximum atomic E-state index is 11.3. The van der Waals surface area contributed by atoms with Crippen LogP contribution in [0.1, 0.15) is 22.5 Å². The highest BCUT2D eigenvalue weighted by molar-refractivity contribution is 5.85. The number of hydrogen-bond acceptors (Lipinski definition) is 3. The van der Waals surface area contributed by atoms with Gasteiger partial charge < -0.3 is 19.7 Å². The minimum absolute atomic E-state index is 0.125. The van der Waals surface area contributed by atoms with Crippen molar-refractivity contribution >= 4 is 12.1 Å². The van der Waals surface area contributed by atoms with Gasteiger partial charge in [-0.3, -0.25) is 0 Å². The summed E-state index contributed by atoms with van der Waals surface area (Å²) in [5, 5.41) is 8.72. The summed E-state index contributed by atoms with van der Waals surface area (Å²) in [7, 11) is 0. The fourth-order valence-corrected chi connectivity index (χ4v) is 1.62. The van der Waals surface area contributed by atoms with Crippen molar-refractivity contribution in [2.75, 3.05) is 13.2 Å². The summed E-state index contributed by atoms with van der Waals surface area (Å²) in [6.45, 7) is 1.48. The number of carbonyl (C=O) groups excluding carboxylic acids is 1. The van der Waals surface area contributed by atoms with E-state index in [0.29, 0.717) is 19.7 Å². The molecule has 1 aromatic rings. The number of cyclic esters (lactones) is 1. The zero-order valence-electron chi connectivity index (χ0n) is 8.60. The smallest absolute Gasteiger partial charge is 0.410 e. The number of nitrogens with zero attached hydrogens (tertiary/aromatic N) is 1. The Balaban J connectivity index is 2.02. The molecule has 0 aromatic carbocycles. The molecule has 0 spiro atoms. The molecule has 16 heavy (non-hydrogen) atoms. The molecule has 1 aliphatic heterocycles. The minimum Gasteiger partial charge on any atom is -0.477 e. The summed E-state index contributed by atoms with van der Waals surface area (Å²) < 4.78 is 4.88. The second kappa shape index (κ2) is 4.26. The summed E-state index contributed by atoms with van der Waals surface area (Å²) in [4.78, 5) is 26.1. The molecule has 2 heterocycles. The number of aromatic carboxylic acids is 1. The molecule has 0 saturated carbocycles. The van der Waals surface area contributed by atoms with Gasteiger partial charge in [-0.1, -0.05) is 0 Å². The normalized spacial score (nSPS) is 16.0. The summed E-state index contributed by atoms with van der Waals surface area (Å²) in [6.07, 6.45) is 2.05. The van der Waals surface area contributed by atoms with Crippen molar-refractivity contribution in [1.29, 1.82) is 0 Å². The van der Waals surface area contributed by atoms with Gasteiger partial charge in [0.25, 0.3) is 0 Å². The number of H-pyrrole nitrogens is 1. The Labute approximate surface area is 91.8 Å². The van der Waals surface area contributed by atoms with Gasteiger partial charge in [0.15, 0.2) is 0 Å². The fourth-order valence-electron chi connectivity index (χ4n) is 1.62. The van der Waals surface area contributed by atoms with E-state index in [1.54, 1.807) is 11.1 Å². The van der Waals surface area contributed by atoms with Crippen LogP contribution in [0.5, 0.6) is 0 Å². The van der Waals surface area contributed by atoms with E-state index >= 15 is 0 Å². The lowest BCUT2D eigenvalue weighted by molar-refractivity contribution is 0.0690. The van der Waals surface area contributed by atoms with Crippen LogP contribution in [0.25, 0.3) is 0 Å². The summed E-state index contributed by atoms with van der Waals surface area (Å²) in [5.41, 5.74) is 0.886. The molecule has 2 rings (SSSR count). The van der Waals surface area contributed by atoms with E-state index in [9.17, 15) is 9.59 Å². The molecule has 0 radical (unpaired) electrons. The molecule has 2 N–H and O–H groups in total. The third-order valence-corrected chi connectivity index (χ3v) is 2.40. The van der Waals surface area contributed by atoms with Gasteiger partial charge in [-0.2, -0.15) is 0 Å². The van der Waals surface area contributed by atoms with Crippen LogP contribution >= 0.6 is 0 Å². The number of carbonyl (C=O) groups is 2. The zero-order valence-corrected chi connectivity index (χ0v) is 8.60. The summed E-state index contributed by atoms with van der Waals surface area (Å²) in [5.74, 6) is -1.01. The highest BCUT2D eigenvalue weighted by atomic mass is 16.6. The topological polar surface area (TPSA) is 82.6 Å². The molecule has 0 atom stereocenters. The highest BCUT2D eigenvalue weighted by Crippen LogP contribution is 2.11. The standard InChI is InChI=1S/C10H12N2O4/c13-9(14)8-4-7(5-11-8)6-12-2-1-3-16-10(12)15/h4-5,11H,1-3,6H2,(H,13,14). The number of nitrogens with one attached hydrogen (secondary N) is 1. The van der Waals surface area contributed by atoms with Crippen molar-refractivity contribution in [3.8, 4) is 0 Å². The van der Waals surface area contributed by atoms with Gasteiger partial charge in [0.05, 0.1) is 13.2 Å². The molecule has 1 fully saturated rings. The second-order valence-electron chi connectivity index (χ2n) is 3.62. The zero-order chi connectivity index (χ0) is 11.5. The molecule has 0 unspecified atom stereocenters. The van der Waals surface area contributed by atoms with Crippen LogP contribution in [0.4, 0.5) is 4.79 Å². The third-order valence-electron chi connectivity index (χ3n) is 2.40. The van der Waals surface area contributed by atoms with Crippen molar-refractivity contribution < 1.29 is 19.4 Å². The number of ether oxygens (including phenoxy) is 1. The number of carboxylic acid groups (broad SMARTS) is 1. The SMILES string of the molecule is O=C(O)c1cc(CN2CCCOC2=O)c[nH]1. The van der Waals surface area contributed by atoms with Crippen molar-refractivity contribution in [2.24, 2.45) is 0 Å².